The van der Waals surface area contributed by atoms with Gasteiger partial charge in [-0.2, -0.15) is 0 Å². The third kappa shape index (κ3) is 3.52. The Labute approximate surface area is 108 Å². The van der Waals surface area contributed by atoms with Crippen molar-refractivity contribution in [2.75, 3.05) is 0 Å². The first-order chi connectivity index (χ1) is 8.57. The van der Waals surface area contributed by atoms with Gasteiger partial charge in [0.25, 0.3) is 0 Å². The third-order valence-electron chi connectivity index (χ3n) is 2.67. The van der Waals surface area contributed by atoms with Gasteiger partial charge in [0.1, 0.15) is 0 Å². The van der Waals surface area contributed by atoms with Gasteiger partial charge in [-0.15, -0.1) is 0 Å². The van der Waals surface area contributed by atoms with E-state index < -0.39 is 11.6 Å². The van der Waals surface area contributed by atoms with Gasteiger partial charge in [-0.3, -0.25) is 9.59 Å². The van der Waals surface area contributed by atoms with Crippen LogP contribution in [-0.4, -0.2) is 11.6 Å². The van der Waals surface area contributed by atoms with E-state index in [1.54, 1.807) is 25.2 Å². The molecule has 18 heavy (non-hydrogen) atoms. The van der Waals surface area contributed by atoms with E-state index in [4.69, 9.17) is 0 Å². The summed E-state index contributed by atoms with van der Waals surface area (Å²) in [6.07, 6.45) is 13.5. The van der Waals surface area contributed by atoms with Gasteiger partial charge >= 0.3 is 0 Å². The van der Waals surface area contributed by atoms with Crippen LogP contribution >= 0.6 is 0 Å². The summed E-state index contributed by atoms with van der Waals surface area (Å²) >= 11 is 0. The molecule has 94 valence electrons. The summed E-state index contributed by atoms with van der Waals surface area (Å²) in [7, 11) is 0. The molecule has 0 saturated carbocycles. The predicted molar refractivity (Wildman–Crippen MR) is 74.2 cm³/mol. The van der Waals surface area contributed by atoms with Gasteiger partial charge in [0, 0.05) is 11.1 Å². The Hall–Kier alpha value is -1.96. The van der Waals surface area contributed by atoms with Gasteiger partial charge in [-0.05, 0) is 25.8 Å². The van der Waals surface area contributed by atoms with Crippen LogP contribution in [0.1, 0.15) is 27.2 Å². The maximum atomic E-state index is 12.1. The molecule has 0 N–H and O–H groups in total. The van der Waals surface area contributed by atoms with E-state index in [1.807, 2.05) is 38.2 Å². The Morgan fingerprint density at radius 1 is 1.00 bits per heavy atom. The Morgan fingerprint density at radius 2 is 1.61 bits per heavy atom. The van der Waals surface area contributed by atoms with Crippen LogP contribution in [0.5, 0.6) is 0 Å². The Kier molecular flexibility index (Phi) is 5.25. The number of Topliss-reactive ketones (excluding diaryl/α,β-unsaturated/α-hetero) is 2. The van der Waals surface area contributed by atoms with Crippen molar-refractivity contribution in [3.63, 3.8) is 0 Å². The first-order valence-corrected chi connectivity index (χ1v) is 6.06. The minimum absolute atomic E-state index is 0.439. The third-order valence-corrected chi connectivity index (χ3v) is 2.67. The number of hydrogen-bond donors (Lipinski definition) is 0. The molecule has 0 aliphatic heterocycles. The fourth-order valence-electron chi connectivity index (χ4n) is 1.55. The molecule has 0 radical (unpaired) electrons. The molecule has 0 aromatic rings. The van der Waals surface area contributed by atoms with Gasteiger partial charge in [0.15, 0.2) is 0 Å². The molecule has 0 bridgehead atoms. The molecule has 2 nitrogen and oxygen atoms in total. The van der Waals surface area contributed by atoms with E-state index in [2.05, 4.69) is 0 Å². The van der Waals surface area contributed by atoms with Gasteiger partial charge in [-0.1, -0.05) is 49.5 Å². The molecule has 1 aliphatic rings. The highest BCUT2D eigenvalue weighted by Crippen LogP contribution is 2.15. The van der Waals surface area contributed by atoms with Crippen molar-refractivity contribution in [3.8, 4) is 0 Å². The highest BCUT2D eigenvalue weighted by molar-refractivity contribution is 6.49. The summed E-state index contributed by atoms with van der Waals surface area (Å²) < 4.78 is 0. The minimum Gasteiger partial charge on any atom is -0.285 e. The lowest BCUT2D eigenvalue weighted by atomic mass is 9.97. The fraction of sp³-hybridized carbons (Fsp3) is 0.250. The van der Waals surface area contributed by atoms with Crippen LogP contribution in [-0.2, 0) is 9.59 Å². The smallest absolute Gasteiger partial charge is 0.233 e. The highest BCUT2D eigenvalue weighted by Gasteiger charge is 2.20. The number of ketones is 2. The van der Waals surface area contributed by atoms with E-state index in [9.17, 15) is 9.59 Å². The lowest BCUT2D eigenvalue weighted by Crippen LogP contribution is -2.17. The largest absolute Gasteiger partial charge is 0.285 e. The van der Waals surface area contributed by atoms with Crippen LogP contribution in [0.15, 0.2) is 59.3 Å². The van der Waals surface area contributed by atoms with E-state index in [-0.39, 0.29) is 0 Å². The SMILES string of the molecule is CC\C=C/C=C1C(=O)C(=O)\C(C)=C\C=C/C=C/1C. The molecular weight excluding hydrogens is 224 g/mol. The molecule has 1 aliphatic carbocycles. The molecule has 0 aromatic carbocycles. The Balaban J connectivity index is 3.24. The number of rotatable bonds is 2. The van der Waals surface area contributed by atoms with Crippen LogP contribution in [0.3, 0.4) is 0 Å². The minimum atomic E-state index is -0.443. The number of allylic oxidation sites excluding steroid dienone is 10. The van der Waals surface area contributed by atoms with E-state index in [0.29, 0.717) is 11.1 Å². The number of hydrogen-bond acceptors (Lipinski definition) is 2. The first kappa shape index (κ1) is 14.1. The van der Waals surface area contributed by atoms with Crippen molar-refractivity contribution >= 4 is 11.6 Å². The van der Waals surface area contributed by atoms with E-state index >= 15 is 0 Å². The second-order valence-electron chi connectivity index (χ2n) is 4.16. The molecule has 0 fully saturated rings. The highest BCUT2D eigenvalue weighted by atomic mass is 16.2. The zero-order valence-corrected chi connectivity index (χ0v) is 11.1. The van der Waals surface area contributed by atoms with Gasteiger partial charge in [0.2, 0.25) is 11.6 Å². The number of carbonyl (C=O) groups excluding carboxylic acids is 2. The molecule has 1 rings (SSSR count). The molecule has 0 saturated heterocycles. The van der Waals surface area contributed by atoms with Crippen LogP contribution in [0, 0.1) is 0 Å². The molecule has 0 amide bonds. The average molecular weight is 242 g/mol. The lowest BCUT2D eigenvalue weighted by molar-refractivity contribution is -0.131. The van der Waals surface area contributed by atoms with E-state index in [0.717, 1.165) is 12.0 Å². The van der Waals surface area contributed by atoms with Crippen LogP contribution in [0.25, 0.3) is 0 Å². The molecule has 0 unspecified atom stereocenters. The summed E-state index contributed by atoms with van der Waals surface area (Å²) in [5.41, 5.74) is 1.72. The molecule has 0 aromatic heterocycles. The van der Waals surface area contributed by atoms with Crippen LogP contribution < -0.4 is 0 Å². The summed E-state index contributed by atoms with van der Waals surface area (Å²) in [5, 5.41) is 0. The maximum absolute atomic E-state index is 12.1. The summed E-state index contributed by atoms with van der Waals surface area (Å²) in [5.74, 6) is -0.882. The van der Waals surface area contributed by atoms with Gasteiger partial charge in [0.05, 0.1) is 0 Å². The zero-order valence-electron chi connectivity index (χ0n) is 11.1. The monoisotopic (exact) mass is 242 g/mol. The van der Waals surface area contributed by atoms with Crippen molar-refractivity contribution in [1.29, 1.82) is 0 Å². The molecule has 0 atom stereocenters. The standard InChI is InChI=1S/C16H18O2/c1-4-5-6-11-14-12(2)9-7-8-10-13(3)15(17)16(14)18/h5-11H,4H2,1-3H3/b6-5-,8-7-,12-9+,13-10+,14-11+. The molecule has 0 spiro atoms. The normalized spacial score (nSPS) is 27.2. The summed E-state index contributed by atoms with van der Waals surface area (Å²) in [6.45, 7) is 5.51. The lowest BCUT2D eigenvalue weighted by Gasteiger charge is -2.04. The molecule has 2 heteroatoms. The van der Waals surface area contributed by atoms with E-state index in [1.165, 1.54) is 0 Å². The van der Waals surface area contributed by atoms with Crippen LogP contribution in [0.2, 0.25) is 0 Å². The molecular formula is C16H18O2. The fourth-order valence-corrected chi connectivity index (χ4v) is 1.55. The average Bonchev–Trinajstić information content (AvgIpc) is 2.40. The first-order valence-electron chi connectivity index (χ1n) is 6.06. The zero-order chi connectivity index (χ0) is 13.5. The predicted octanol–water partition coefficient (Wildman–Crippen LogP) is 3.48. The number of carbonyl (C=O) groups is 2. The Bertz CT molecular complexity index is 497. The summed E-state index contributed by atoms with van der Waals surface area (Å²) in [6, 6.07) is 0. The maximum Gasteiger partial charge on any atom is 0.233 e. The van der Waals surface area contributed by atoms with Crippen molar-refractivity contribution in [2.24, 2.45) is 0 Å². The molecule has 0 heterocycles. The quantitative estimate of drug-likeness (QED) is 0.548. The topological polar surface area (TPSA) is 34.1 Å². The van der Waals surface area contributed by atoms with Crippen molar-refractivity contribution in [2.45, 2.75) is 27.2 Å². The van der Waals surface area contributed by atoms with Gasteiger partial charge in [-0.25, -0.2) is 0 Å². The van der Waals surface area contributed by atoms with Crippen molar-refractivity contribution in [1.82, 2.24) is 0 Å². The Morgan fingerprint density at radius 3 is 2.22 bits per heavy atom. The summed E-state index contributed by atoms with van der Waals surface area (Å²) in [4.78, 5) is 24.0. The second-order valence-corrected chi connectivity index (χ2v) is 4.16. The van der Waals surface area contributed by atoms with Gasteiger partial charge < -0.3 is 0 Å². The van der Waals surface area contributed by atoms with Crippen molar-refractivity contribution in [3.05, 3.63) is 59.3 Å². The van der Waals surface area contributed by atoms with Crippen LogP contribution in [0.4, 0.5) is 0 Å². The van der Waals surface area contributed by atoms with Crippen molar-refractivity contribution < 1.29 is 9.59 Å². The second kappa shape index (κ2) is 6.70.